The van der Waals surface area contributed by atoms with Crippen LogP contribution in [-0.2, 0) is 12.8 Å². The number of fused-ring (bicyclic) bond motifs is 1. The molecular formula is C13H21N3O2. The van der Waals surface area contributed by atoms with E-state index >= 15 is 0 Å². The van der Waals surface area contributed by atoms with Crippen molar-refractivity contribution < 1.29 is 5.11 Å². The lowest BCUT2D eigenvalue weighted by atomic mass is 9.97. The summed E-state index contributed by atoms with van der Waals surface area (Å²) in [5, 5.41) is 11.8. The molecule has 0 saturated heterocycles. The normalized spacial score (nSPS) is 14.3. The first-order valence-electron chi connectivity index (χ1n) is 6.78. The van der Waals surface area contributed by atoms with Crippen LogP contribution in [0.2, 0.25) is 0 Å². The standard InChI is InChI=1S/C13H21N3O2/c17-9-5-1-4-8-14-13-15-11-7-3-2-6-10(11)12(18)16-13/h17H,1-9H2,(H2,14,15,16,18). The molecule has 0 bridgehead atoms. The van der Waals surface area contributed by atoms with Crippen molar-refractivity contribution in [2.24, 2.45) is 0 Å². The monoisotopic (exact) mass is 251 g/mol. The molecule has 0 radical (unpaired) electrons. The number of hydrogen-bond donors (Lipinski definition) is 3. The van der Waals surface area contributed by atoms with Crippen LogP contribution in [0.4, 0.5) is 5.95 Å². The third kappa shape index (κ3) is 3.32. The van der Waals surface area contributed by atoms with Crippen molar-refractivity contribution >= 4 is 5.95 Å². The number of aromatic nitrogens is 2. The second kappa shape index (κ2) is 6.54. The second-order valence-electron chi connectivity index (χ2n) is 4.76. The minimum atomic E-state index is 0.0116. The van der Waals surface area contributed by atoms with Gasteiger partial charge in [-0.15, -0.1) is 0 Å². The molecule has 5 heteroatoms. The summed E-state index contributed by atoms with van der Waals surface area (Å²) in [6, 6.07) is 0. The number of nitrogens with one attached hydrogen (secondary N) is 2. The maximum atomic E-state index is 11.9. The molecule has 3 N–H and O–H groups in total. The molecule has 0 atom stereocenters. The highest BCUT2D eigenvalue weighted by Gasteiger charge is 2.15. The number of aliphatic hydroxyl groups excluding tert-OH is 1. The first kappa shape index (κ1) is 13.1. The number of rotatable bonds is 6. The lowest BCUT2D eigenvalue weighted by molar-refractivity contribution is 0.283. The molecule has 2 rings (SSSR count). The van der Waals surface area contributed by atoms with E-state index in [1.807, 2.05) is 0 Å². The topological polar surface area (TPSA) is 78.0 Å². The Bertz CT molecular complexity index is 442. The Morgan fingerprint density at radius 3 is 2.89 bits per heavy atom. The minimum absolute atomic E-state index is 0.0116. The number of H-pyrrole nitrogens is 1. The molecule has 1 aliphatic carbocycles. The van der Waals surface area contributed by atoms with Gasteiger partial charge < -0.3 is 10.4 Å². The van der Waals surface area contributed by atoms with Crippen molar-refractivity contribution in [3.63, 3.8) is 0 Å². The molecule has 1 aliphatic rings. The zero-order valence-electron chi connectivity index (χ0n) is 10.7. The van der Waals surface area contributed by atoms with Crippen molar-refractivity contribution in [2.75, 3.05) is 18.5 Å². The molecule has 0 spiro atoms. The van der Waals surface area contributed by atoms with Crippen LogP contribution in [0.1, 0.15) is 43.4 Å². The third-order valence-corrected chi connectivity index (χ3v) is 3.32. The SMILES string of the molecule is O=c1[nH]c(NCCCCCO)nc2c1CCCC2. The van der Waals surface area contributed by atoms with Crippen LogP contribution in [-0.4, -0.2) is 28.2 Å². The number of nitrogens with zero attached hydrogens (tertiary/aromatic N) is 1. The largest absolute Gasteiger partial charge is 0.396 e. The molecule has 1 heterocycles. The zero-order valence-corrected chi connectivity index (χ0v) is 10.7. The number of aliphatic hydroxyl groups is 1. The first-order valence-corrected chi connectivity index (χ1v) is 6.78. The summed E-state index contributed by atoms with van der Waals surface area (Å²) in [5.41, 5.74) is 1.84. The lowest BCUT2D eigenvalue weighted by Gasteiger charge is -2.15. The van der Waals surface area contributed by atoms with E-state index in [0.717, 1.165) is 62.7 Å². The van der Waals surface area contributed by atoms with E-state index in [-0.39, 0.29) is 12.2 Å². The lowest BCUT2D eigenvalue weighted by Crippen LogP contribution is -2.23. The van der Waals surface area contributed by atoms with Crippen molar-refractivity contribution in [1.29, 1.82) is 0 Å². The van der Waals surface area contributed by atoms with E-state index in [9.17, 15) is 4.79 Å². The van der Waals surface area contributed by atoms with E-state index in [0.29, 0.717) is 5.95 Å². The Morgan fingerprint density at radius 2 is 2.06 bits per heavy atom. The van der Waals surface area contributed by atoms with Crippen molar-refractivity contribution in [3.8, 4) is 0 Å². The van der Waals surface area contributed by atoms with Crippen LogP contribution < -0.4 is 10.9 Å². The number of anilines is 1. The average Bonchev–Trinajstić information content (AvgIpc) is 2.39. The summed E-state index contributed by atoms with van der Waals surface area (Å²) in [6.07, 6.45) is 6.77. The zero-order chi connectivity index (χ0) is 12.8. The Morgan fingerprint density at radius 1 is 1.22 bits per heavy atom. The summed E-state index contributed by atoms with van der Waals surface area (Å²) >= 11 is 0. The molecule has 100 valence electrons. The van der Waals surface area contributed by atoms with E-state index in [2.05, 4.69) is 15.3 Å². The third-order valence-electron chi connectivity index (χ3n) is 3.32. The van der Waals surface area contributed by atoms with Crippen LogP contribution >= 0.6 is 0 Å². The summed E-state index contributed by atoms with van der Waals surface area (Å²) in [5.74, 6) is 0.588. The highest BCUT2D eigenvalue weighted by molar-refractivity contribution is 5.30. The van der Waals surface area contributed by atoms with Crippen molar-refractivity contribution in [2.45, 2.75) is 44.9 Å². The van der Waals surface area contributed by atoms with Crippen LogP contribution in [0.15, 0.2) is 4.79 Å². The number of hydrogen-bond acceptors (Lipinski definition) is 4. The summed E-state index contributed by atoms with van der Waals surface area (Å²) in [4.78, 5) is 19.1. The van der Waals surface area contributed by atoms with E-state index < -0.39 is 0 Å². The van der Waals surface area contributed by atoms with Gasteiger partial charge in [0.2, 0.25) is 5.95 Å². The molecule has 0 aromatic carbocycles. The van der Waals surface area contributed by atoms with Gasteiger partial charge in [-0.2, -0.15) is 0 Å². The van der Waals surface area contributed by atoms with Crippen molar-refractivity contribution in [3.05, 3.63) is 21.6 Å². The van der Waals surface area contributed by atoms with Gasteiger partial charge >= 0.3 is 0 Å². The number of aromatic amines is 1. The minimum Gasteiger partial charge on any atom is -0.396 e. The van der Waals surface area contributed by atoms with Gasteiger partial charge in [0.15, 0.2) is 0 Å². The van der Waals surface area contributed by atoms with Crippen molar-refractivity contribution in [1.82, 2.24) is 9.97 Å². The highest BCUT2D eigenvalue weighted by atomic mass is 16.2. The fourth-order valence-electron chi connectivity index (χ4n) is 2.31. The Balaban J connectivity index is 1.93. The van der Waals surface area contributed by atoms with Crippen LogP contribution in [0, 0.1) is 0 Å². The molecule has 0 unspecified atom stereocenters. The van der Waals surface area contributed by atoms with Gasteiger partial charge in [0.25, 0.3) is 5.56 Å². The first-order chi connectivity index (χ1) is 8.81. The molecule has 1 aromatic heterocycles. The smallest absolute Gasteiger partial charge is 0.255 e. The Labute approximate surface area is 107 Å². The van der Waals surface area contributed by atoms with Gasteiger partial charge in [-0.05, 0) is 44.9 Å². The second-order valence-corrected chi connectivity index (χ2v) is 4.76. The van der Waals surface area contributed by atoms with E-state index in [1.165, 1.54) is 0 Å². The maximum absolute atomic E-state index is 11.9. The quantitative estimate of drug-likeness (QED) is 0.664. The Kier molecular flexibility index (Phi) is 4.75. The molecule has 5 nitrogen and oxygen atoms in total. The predicted octanol–water partition coefficient (Wildman–Crippen LogP) is 1.22. The molecule has 0 aliphatic heterocycles. The number of unbranched alkanes of at least 4 members (excludes halogenated alkanes) is 2. The summed E-state index contributed by atoms with van der Waals surface area (Å²) < 4.78 is 0. The van der Waals surface area contributed by atoms with Gasteiger partial charge in [-0.1, -0.05) is 0 Å². The molecule has 0 fully saturated rings. The van der Waals surface area contributed by atoms with Gasteiger partial charge in [-0.3, -0.25) is 9.78 Å². The number of aryl methyl sites for hydroxylation is 1. The fraction of sp³-hybridized carbons (Fsp3) is 0.692. The van der Waals surface area contributed by atoms with E-state index in [1.54, 1.807) is 0 Å². The molecule has 1 aromatic rings. The molecular weight excluding hydrogens is 230 g/mol. The van der Waals surface area contributed by atoms with Gasteiger partial charge in [-0.25, -0.2) is 4.98 Å². The van der Waals surface area contributed by atoms with Gasteiger partial charge in [0.1, 0.15) is 0 Å². The van der Waals surface area contributed by atoms with Gasteiger partial charge in [0, 0.05) is 18.7 Å². The summed E-state index contributed by atoms with van der Waals surface area (Å²) in [7, 11) is 0. The molecule has 0 amide bonds. The van der Waals surface area contributed by atoms with E-state index in [4.69, 9.17) is 5.11 Å². The maximum Gasteiger partial charge on any atom is 0.255 e. The fourth-order valence-corrected chi connectivity index (χ4v) is 2.31. The van der Waals surface area contributed by atoms with Crippen LogP contribution in [0.25, 0.3) is 0 Å². The molecule has 0 saturated carbocycles. The van der Waals surface area contributed by atoms with Crippen LogP contribution in [0.3, 0.4) is 0 Å². The van der Waals surface area contributed by atoms with Crippen LogP contribution in [0.5, 0.6) is 0 Å². The predicted molar refractivity (Wildman–Crippen MR) is 70.9 cm³/mol. The van der Waals surface area contributed by atoms with Gasteiger partial charge in [0.05, 0.1) is 5.69 Å². The Hall–Kier alpha value is -1.36. The highest BCUT2D eigenvalue weighted by Crippen LogP contribution is 2.16. The molecule has 18 heavy (non-hydrogen) atoms. The average molecular weight is 251 g/mol. The summed E-state index contributed by atoms with van der Waals surface area (Å²) in [6.45, 7) is 1.02.